The fourth-order valence-electron chi connectivity index (χ4n) is 6.85. The molecule has 3 amide bonds. The number of aldehydes is 1. The molecular weight excluding hydrogens is 933 g/mol. The Labute approximate surface area is 418 Å². The number of hydrogen-bond donors (Lipinski definition) is 13. The predicted octanol–water partition coefficient (Wildman–Crippen LogP) is -0.366. The lowest BCUT2D eigenvalue weighted by atomic mass is 9.91. The van der Waals surface area contributed by atoms with Crippen molar-refractivity contribution in [2.75, 3.05) is 77.8 Å². The largest absolute Gasteiger partial charge is 0.396 e. The van der Waals surface area contributed by atoms with Gasteiger partial charge in [-0.15, -0.1) is 0 Å². The Morgan fingerprint density at radius 1 is 0.623 bits per heavy atom. The van der Waals surface area contributed by atoms with Crippen molar-refractivity contribution in [3.8, 4) is 0 Å². The molecule has 14 N–H and O–H groups in total. The number of ketones is 3. The van der Waals surface area contributed by atoms with Crippen LogP contribution in [0.4, 0.5) is 0 Å². The van der Waals surface area contributed by atoms with E-state index in [1.54, 1.807) is 7.05 Å². The fourth-order valence-corrected chi connectivity index (χ4v) is 7.79. The first-order valence-corrected chi connectivity index (χ1v) is 26.3. The van der Waals surface area contributed by atoms with Gasteiger partial charge in [0.1, 0.15) is 13.0 Å². The number of hydrogen-bond acceptors (Lipinski definition) is 19. The molecule has 7 atom stereocenters. The lowest BCUT2D eigenvalue weighted by molar-refractivity contribution is -0.132. The van der Waals surface area contributed by atoms with Gasteiger partial charge >= 0.3 is 0 Å². The highest BCUT2D eigenvalue weighted by Gasteiger charge is 2.30. The lowest BCUT2D eigenvalue weighted by Gasteiger charge is -2.24. The number of rotatable bonds is 38. The predicted molar refractivity (Wildman–Crippen MR) is 272 cm³/mol. The second kappa shape index (κ2) is 43.4. The molecule has 1 aromatic carbocycles. The van der Waals surface area contributed by atoms with Crippen LogP contribution in [0.1, 0.15) is 84.6 Å². The van der Waals surface area contributed by atoms with Gasteiger partial charge in [-0.3, -0.25) is 44.7 Å². The van der Waals surface area contributed by atoms with Crippen LogP contribution in [0.2, 0.25) is 0 Å². The maximum Gasteiger partial charge on any atom is 0.225 e. The van der Waals surface area contributed by atoms with Crippen molar-refractivity contribution in [3.63, 3.8) is 0 Å². The normalized spacial score (nSPS) is 14.1. The maximum absolute atomic E-state index is 13.6. The van der Waals surface area contributed by atoms with E-state index in [0.717, 1.165) is 5.56 Å². The van der Waals surface area contributed by atoms with Crippen molar-refractivity contribution in [1.82, 2.24) is 37.2 Å². The zero-order valence-corrected chi connectivity index (χ0v) is 43.5. The Bertz CT molecular complexity index is 1550. The summed E-state index contributed by atoms with van der Waals surface area (Å²) in [5, 5.41) is 66.8. The van der Waals surface area contributed by atoms with Gasteiger partial charge in [-0.05, 0) is 75.5 Å². The zero-order chi connectivity index (χ0) is 52.6. The monoisotopic (exact) mass is 1020 g/mol. The molecular formula is C47H86N8O12S2. The van der Waals surface area contributed by atoms with Crippen molar-refractivity contribution in [1.29, 1.82) is 0 Å². The SMILES string of the molecule is CC(C)C[C@H](NCN)C(=O)C[C@@H](CCO)C(=O)NCN[C@@H](CC(C)C)C(=O)C[C@@H](CCO)C(=O)NCN[C@@H](Cc1ccccc1)C(=O)C[C@@H](CCO)C(=O)NCO.CN[C@H](C=O)CO.CSCSC. The molecule has 1 rings (SSSR count). The van der Waals surface area contributed by atoms with Crippen molar-refractivity contribution >= 4 is 64.9 Å². The molecule has 398 valence electrons. The zero-order valence-electron chi connectivity index (χ0n) is 41.9. The molecule has 0 aromatic heterocycles. The van der Waals surface area contributed by atoms with Gasteiger partial charge in [-0.25, -0.2) is 0 Å². The van der Waals surface area contributed by atoms with Crippen LogP contribution in [0, 0.1) is 29.6 Å². The van der Waals surface area contributed by atoms with Crippen molar-refractivity contribution in [2.45, 2.75) is 110 Å². The summed E-state index contributed by atoms with van der Waals surface area (Å²) in [6, 6.07) is 6.64. The van der Waals surface area contributed by atoms with Gasteiger partial charge in [-0.1, -0.05) is 58.0 Å². The van der Waals surface area contributed by atoms with Crippen LogP contribution in [0.3, 0.4) is 0 Å². The molecule has 20 nitrogen and oxygen atoms in total. The summed E-state index contributed by atoms with van der Waals surface area (Å²) >= 11 is 3.73. The van der Waals surface area contributed by atoms with E-state index in [1.165, 1.54) is 5.08 Å². The number of carbonyl (C=O) groups is 7. The molecule has 0 bridgehead atoms. The van der Waals surface area contributed by atoms with Crippen LogP contribution < -0.4 is 43.0 Å². The third kappa shape index (κ3) is 33.0. The number of nitrogens with one attached hydrogen (secondary N) is 7. The topological polar surface area (TPSA) is 331 Å². The van der Waals surface area contributed by atoms with Crippen molar-refractivity contribution in [3.05, 3.63) is 35.9 Å². The molecule has 0 saturated carbocycles. The Morgan fingerprint density at radius 2 is 1.03 bits per heavy atom. The molecule has 0 unspecified atom stereocenters. The molecule has 0 spiro atoms. The number of likely N-dealkylation sites (N-methyl/N-ethyl adjacent to an activating group) is 1. The number of Topliss-reactive ketones (excluding diaryl/α,β-unsaturated/α-hetero) is 3. The van der Waals surface area contributed by atoms with Crippen molar-refractivity contribution < 1.29 is 59.1 Å². The molecule has 69 heavy (non-hydrogen) atoms. The van der Waals surface area contributed by atoms with E-state index in [-0.39, 0.29) is 127 Å². The number of thioether (sulfide) groups is 2. The van der Waals surface area contributed by atoms with E-state index in [1.807, 2.05) is 81.6 Å². The third-order valence-electron chi connectivity index (χ3n) is 10.6. The summed E-state index contributed by atoms with van der Waals surface area (Å²) in [6.07, 6.45) is 5.61. The summed E-state index contributed by atoms with van der Waals surface area (Å²) in [5.74, 6) is -4.67. The van der Waals surface area contributed by atoms with Gasteiger partial charge in [0.05, 0.1) is 44.1 Å². The molecule has 0 radical (unpaired) electrons. The highest BCUT2D eigenvalue weighted by molar-refractivity contribution is 8.15. The molecule has 22 heteroatoms. The summed E-state index contributed by atoms with van der Waals surface area (Å²) in [4.78, 5) is 88.8. The number of nitrogens with two attached hydrogens (primary N) is 1. The highest BCUT2D eigenvalue weighted by atomic mass is 32.2. The standard InChI is InChI=1S/C40H69N7O10.C4H9NO2.C3H8S2/c1-26(2)16-32(42-22-41)35(52)19-29(10-13-48)38(55)45-23-43-33(17-27(3)4)36(53)20-30(11-14-49)39(56)46-24-44-34(18-28-8-6-5-7-9-28)37(54)21-31(12-15-50)40(57)47-25-51;1-5-4(2-6)3-7;1-4-3-5-2/h5-9,26-27,29-34,42-44,48-51H,10-25,41H2,1-4H3,(H,45,55)(H,46,56)(H,47,57);2,4-5,7H,3H2,1H3;3H2,1-2H3/t29-,30-,31-,32+,33+,34+;4-;/m11./s1. The first-order chi connectivity index (χ1) is 33.0. The first kappa shape index (κ1) is 67.7. The van der Waals surface area contributed by atoms with E-state index in [9.17, 15) is 48.9 Å². The van der Waals surface area contributed by atoms with E-state index in [4.69, 9.17) is 15.9 Å². The Kier molecular flexibility index (Phi) is 42.6. The highest BCUT2D eigenvalue weighted by Crippen LogP contribution is 2.18. The average molecular weight is 1020 g/mol. The smallest absolute Gasteiger partial charge is 0.225 e. The molecule has 0 aliphatic rings. The minimum absolute atomic E-state index is 0.00836. The van der Waals surface area contributed by atoms with Gasteiger partial charge in [0.15, 0.2) is 17.3 Å². The van der Waals surface area contributed by atoms with Crippen LogP contribution in [-0.2, 0) is 40.0 Å². The number of aliphatic hydroxyl groups excluding tert-OH is 5. The first-order valence-electron chi connectivity index (χ1n) is 23.5. The van der Waals surface area contributed by atoms with Crippen LogP contribution in [-0.4, -0.2) is 169 Å². The fraction of sp³-hybridized carbons (Fsp3) is 0.723. The minimum Gasteiger partial charge on any atom is -0.396 e. The number of aliphatic hydroxyl groups is 5. The van der Waals surface area contributed by atoms with E-state index < -0.39 is 60.3 Å². The minimum atomic E-state index is -0.907. The summed E-state index contributed by atoms with van der Waals surface area (Å²) < 4.78 is 0. The van der Waals surface area contributed by atoms with Crippen LogP contribution in [0.5, 0.6) is 0 Å². The summed E-state index contributed by atoms with van der Waals surface area (Å²) in [5.41, 5.74) is 6.44. The van der Waals surface area contributed by atoms with E-state index >= 15 is 0 Å². The van der Waals surface area contributed by atoms with Crippen LogP contribution in [0.15, 0.2) is 30.3 Å². The summed E-state index contributed by atoms with van der Waals surface area (Å²) in [7, 11) is 1.62. The number of benzene rings is 1. The van der Waals surface area contributed by atoms with Crippen LogP contribution in [0.25, 0.3) is 0 Å². The van der Waals surface area contributed by atoms with Gasteiger partial charge in [0.2, 0.25) is 17.7 Å². The van der Waals surface area contributed by atoms with Gasteiger partial charge in [0.25, 0.3) is 0 Å². The van der Waals surface area contributed by atoms with E-state index in [0.29, 0.717) is 19.1 Å². The number of amides is 3. The molecule has 1 aromatic rings. The Morgan fingerprint density at radius 3 is 1.35 bits per heavy atom. The summed E-state index contributed by atoms with van der Waals surface area (Å²) in [6.45, 7) is 5.91. The second-order valence-electron chi connectivity index (χ2n) is 17.1. The van der Waals surface area contributed by atoms with Crippen molar-refractivity contribution in [2.24, 2.45) is 35.3 Å². The maximum atomic E-state index is 13.6. The lowest BCUT2D eigenvalue weighted by Crippen LogP contribution is -2.49. The molecule has 0 aliphatic carbocycles. The van der Waals surface area contributed by atoms with Crippen LogP contribution >= 0.6 is 23.5 Å². The third-order valence-corrected chi connectivity index (χ3v) is 12.4. The Balaban J connectivity index is 0. The van der Waals surface area contributed by atoms with Gasteiger partial charge < -0.3 is 57.3 Å². The van der Waals surface area contributed by atoms with E-state index in [2.05, 4.69) is 49.7 Å². The molecule has 0 aliphatic heterocycles. The van der Waals surface area contributed by atoms with Gasteiger partial charge in [-0.2, -0.15) is 23.5 Å². The number of carbonyl (C=O) groups excluding carboxylic acids is 7. The molecule has 0 saturated heterocycles. The second-order valence-corrected chi connectivity index (χ2v) is 19.2. The quantitative estimate of drug-likeness (QED) is 0.0297. The Hall–Kier alpha value is -3.39. The van der Waals surface area contributed by atoms with Gasteiger partial charge in [0, 0.05) is 68.6 Å². The molecule has 0 fully saturated rings. The molecule has 0 heterocycles. The average Bonchev–Trinajstić information content (AvgIpc) is 3.31.